The Bertz CT molecular complexity index is 460. The topological polar surface area (TPSA) is 90.4 Å². The second kappa shape index (κ2) is 6.88. The van der Waals surface area contributed by atoms with Crippen LogP contribution in [0.5, 0.6) is 0 Å². The number of hydrogen-bond donors (Lipinski definition) is 2. The van der Waals surface area contributed by atoms with Crippen LogP contribution >= 0.6 is 11.6 Å². The van der Waals surface area contributed by atoms with E-state index in [9.17, 15) is 9.90 Å². The molecule has 3 N–H and O–H groups in total. The van der Waals surface area contributed by atoms with E-state index in [1.165, 1.54) is 23.9 Å². The Hall–Kier alpha value is -1.11. The number of hydrogen-bond acceptors (Lipinski definition) is 5. The molecule has 19 heavy (non-hydrogen) atoms. The minimum atomic E-state index is -0.748. The molecular formula is C12H20ClN3O3. The summed E-state index contributed by atoms with van der Waals surface area (Å²) in [6.45, 7) is 1.83. The number of rotatable bonds is 7. The number of ether oxygens (including phenoxy) is 1. The van der Waals surface area contributed by atoms with Crippen LogP contribution in [0.3, 0.4) is 0 Å². The van der Waals surface area contributed by atoms with Crippen molar-refractivity contribution in [2.45, 2.75) is 37.3 Å². The zero-order valence-electron chi connectivity index (χ0n) is 11.2. The molecule has 2 atom stereocenters. The molecule has 0 aromatic carbocycles. The average molecular weight is 290 g/mol. The molecule has 1 aromatic rings. The van der Waals surface area contributed by atoms with Crippen molar-refractivity contribution in [3.05, 3.63) is 22.7 Å². The summed E-state index contributed by atoms with van der Waals surface area (Å²) in [7, 11) is 1.53. The van der Waals surface area contributed by atoms with Gasteiger partial charge >= 0.3 is 5.69 Å². The number of alkyl halides is 1. The first-order valence-corrected chi connectivity index (χ1v) is 6.56. The third-order valence-corrected chi connectivity index (χ3v) is 3.49. The number of anilines is 1. The molecule has 0 unspecified atom stereocenters. The third-order valence-electron chi connectivity index (χ3n) is 3.12. The summed E-state index contributed by atoms with van der Waals surface area (Å²) in [5.41, 5.74) is 3.51. The molecule has 0 bridgehead atoms. The van der Waals surface area contributed by atoms with Gasteiger partial charge in [0.1, 0.15) is 11.3 Å². The van der Waals surface area contributed by atoms with Crippen molar-refractivity contribution in [2.75, 3.05) is 19.5 Å². The molecular weight excluding hydrogens is 270 g/mol. The molecule has 0 spiro atoms. The van der Waals surface area contributed by atoms with Crippen LogP contribution < -0.4 is 11.4 Å². The Labute approximate surface area is 117 Å². The Morgan fingerprint density at radius 2 is 2.37 bits per heavy atom. The highest BCUT2D eigenvalue weighted by atomic mass is 35.5. The van der Waals surface area contributed by atoms with Gasteiger partial charge in [-0.1, -0.05) is 24.9 Å². The summed E-state index contributed by atoms with van der Waals surface area (Å²) in [5, 5.41) is 9.51. The van der Waals surface area contributed by atoms with Crippen LogP contribution in [0.1, 0.15) is 31.7 Å². The summed E-state index contributed by atoms with van der Waals surface area (Å²) < 4.78 is 6.66. The van der Waals surface area contributed by atoms with Crippen LogP contribution in [0.2, 0.25) is 0 Å². The number of nitrogen functional groups attached to an aromatic ring is 1. The van der Waals surface area contributed by atoms with Crippen LogP contribution in [0, 0.1) is 0 Å². The van der Waals surface area contributed by atoms with E-state index in [0.717, 1.165) is 6.42 Å². The third kappa shape index (κ3) is 3.92. The molecule has 0 amide bonds. The zero-order valence-corrected chi connectivity index (χ0v) is 11.9. The zero-order chi connectivity index (χ0) is 14.5. The summed E-state index contributed by atoms with van der Waals surface area (Å²) >= 11 is 6.23. The molecule has 1 heterocycles. The molecule has 0 radical (unpaired) electrons. The molecule has 1 aromatic heterocycles. The molecule has 0 saturated heterocycles. The van der Waals surface area contributed by atoms with Crippen molar-refractivity contribution in [3.8, 4) is 0 Å². The minimum absolute atomic E-state index is 0.152. The second-order valence-corrected chi connectivity index (χ2v) is 4.98. The van der Waals surface area contributed by atoms with Crippen molar-refractivity contribution in [2.24, 2.45) is 0 Å². The number of halogens is 1. The Balaban J connectivity index is 2.93. The number of aromatic nitrogens is 2. The minimum Gasteiger partial charge on any atom is -0.393 e. The van der Waals surface area contributed by atoms with Crippen LogP contribution in [-0.2, 0) is 4.74 Å². The van der Waals surface area contributed by atoms with Crippen molar-refractivity contribution < 1.29 is 9.84 Å². The van der Waals surface area contributed by atoms with Gasteiger partial charge in [0, 0.05) is 19.7 Å². The maximum Gasteiger partial charge on any atom is 0.350 e. The monoisotopic (exact) mass is 289 g/mol. The molecule has 0 aliphatic heterocycles. The normalized spacial score (nSPS) is 16.0. The van der Waals surface area contributed by atoms with Gasteiger partial charge in [-0.25, -0.2) is 4.79 Å². The first-order chi connectivity index (χ1) is 8.98. The van der Waals surface area contributed by atoms with Gasteiger partial charge in [-0.2, -0.15) is 4.98 Å². The fourth-order valence-corrected chi connectivity index (χ4v) is 2.43. The number of methoxy groups -OCH3 is 1. The molecule has 6 nitrogen and oxygen atoms in total. The Kier molecular flexibility index (Phi) is 5.78. The van der Waals surface area contributed by atoms with E-state index in [1.54, 1.807) is 0 Å². The van der Waals surface area contributed by atoms with Gasteiger partial charge in [-0.3, -0.25) is 4.57 Å². The molecule has 7 heteroatoms. The van der Waals surface area contributed by atoms with Gasteiger partial charge in [0.25, 0.3) is 0 Å². The van der Waals surface area contributed by atoms with Crippen LogP contribution in [-0.4, -0.2) is 34.0 Å². The average Bonchev–Trinajstić information content (AvgIpc) is 2.37. The van der Waals surface area contributed by atoms with E-state index >= 15 is 0 Å². The van der Waals surface area contributed by atoms with E-state index in [-0.39, 0.29) is 12.4 Å². The maximum atomic E-state index is 11.7. The highest BCUT2D eigenvalue weighted by Gasteiger charge is 2.32. The molecule has 108 valence electrons. The molecule has 1 rings (SSSR count). The van der Waals surface area contributed by atoms with E-state index in [4.69, 9.17) is 22.1 Å². The van der Waals surface area contributed by atoms with Crippen LogP contribution in [0.4, 0.5) is 5.82 Å². The molecule has 0 saturated carbocycles. The van der Waals surface area contributed by atoms with Crippen molar-refractivity contribution >= 4 is 17.4 Å². The Morgan fingerprint density at radius 3 is 2.84 bits per heavy atom. The number of aliphatic hydroxyl groups excluding tert-OH is 1. The predicted molar refractivity (Wildman–Crippen MR) is 74.2 cm³/mol. The first kappa shape index (κ1) is 15.9. The van der Waals surface area contributed by atoms with Crippen LogP contribution in [0.15, 0.2) is 17.1 Å². The van der Waals surface area contributed by atoms with Gasteiger partial charge in [-0.15, -0.1) is 0 Å². The largest absolute Gasteiger partial charge is 0.393 e. The summed E-state index contributed by atoms with van der Waals surface area (Å²) in [6, 6.07) is 1.50. The summed E-state index contributed by atoms with van der Waals surface area (Å²) in [4.78, 5) is 15.3. The van der Waals surface area contributed by atoms with E-state index in [2.05, 4.69) is 4.98 Å². The standard InChI is InChI=1S/C12H20ClN3O3/c1-3-5-12(8-17,19-2)7-9(13)16-6-4-10(14)15-11(16)18/h4,6,9,17H,3,5,7-8H2,1-2H3,(H2,14,15,18)/t9-,12-/m0/s1. The molecule has 0 aliphatic rings. The van der Waals surface area contributed by atoms with Gasteiger partial charge < -0.3 is 15.6 Å². The quantitative estimate of drug-likeness (QED) is 0.734. The summed E-state index contributed by atoms with van der Waals surface area (Å²) in [5.74, 6) is 0.152. The second-order valence-electron chi connectivity index (χ2n) is 4.48. The van der Waals surface area contributed by atoms with Crippen LogP contribution in [0.25, 0.3) is 0 Å². The highest BCUT2D eigenvalue weighted by Crippen LogP contribution is 2.30. The Morgan fingerprint density at radius 1 is 1.68 bits per heavy atom. The fourth-order valence-electron chi connectivity index (χ4n) is 2.00. The lowest BCUT2D eigenvalue weighted by Crippen LogP contribution is -2.39. The lowest BCUT2D eigenvalue weighted by Gasteiger charge is -2.32. The smallest absolute Gasteiger partial charge is 0.350 e. The molecule has 0 aliphatic carbocycles. The van der Waals surface area contributed by atoms with E-state index in [1.807, 2.05) is 6.92 Å². The van der Waals surface area contributed by atoms with Gasteiger partial charge in [0.15, 0.2) is 0 Å². The van der Waals surface area contributed by atoms with Gasteiger partial charge in [0.2, 0.25) is 0 Å². The molecule has 0 fully saturated rings. The lowest BCUT2D eigenvalue weighted by molar-refractivity contribution is -0.0675. The SMILES string of the molecule is CCC[C@@](CO)(C[C@@H](Cl)n1ccc(N)nc1=O)OC. The van der Waals surface area contributed by atoms with Crippen molar-refractivity contribution in [1.29, 1.82) is 0 Å². The van der Waals surface area contributed by atoms with E-state index in [0.29, 0.717) is 12.8 Å². The first-order valence-electron chi connectivity index (χ1n) is 6.12. The number of aliphatic hydroxyl groups is 1. The van der Waals surface area contributed by atoms with Gasteiger partial charge in [-0.05, 0) is 12.5 Å². The number of nitrogens with two attached hydrogens (primary N) is 1. The highest BCUT2D eigenvalue weighted by molar-refractivity contribution is 6.19. The predicted octanol–water partition coefficient (Wildman–Crippen LogP) is 1.13. The van der Waals surface area contributed by atoms with E-state index < -0.39 is 16.8 Å². The van der Waals surface area contributed by atoms with Crippen molar-refractivity contribution in [1.82, 2.24) is 9.55 Å². The maximum absolute atomic E-state index is 11.7. The lowest BCUT2D eigenvalue weighted by atomic mass is 9.94. The fraction of sp³-hybridized carbons (Fsp3) is 0.667. The van der Waals surface area contributed by atoms with Gasteiger partial charge in [0.05, 0.1) is 12.2 Å². The van der Waals surface area contributed by atoms with Crippen molar-refractivity contribution in [3.63, 3.8) is 0 Å². The number of nitrogens with zero attached hydrogens (tertiary/aromatic N) is 2. The summed E-state index contributed by atoms with van der Waals surface area (Å²) in [6.07, 6.45) is 3.29.